The minimum Gasteiger partial charge on any atom is -0.507 e. The molecule has 0 amide bonds. The molecule has 0 bridgehead atoms. The van der Waals surface area contributed by atoms with Crippen LogP contribution in [0.5, 0.6) is 5.75 Å². The topological polar surface area (TPSA) is 46.5 Å². The van der Waals surface area contributed by atoms with Gasteiger partial charge in [0.25, 0.3) is 0 Å². The van der Waals surface area contributed by atoms with Gasteiger partial charge >= 0.3 is 5.97 Å². The molecular weight excluding hydrogens is 336 g/mol. The lowest BCUT2D eigenvalue weighted by Gasteiger charge is -2.35. The van der Waals surface area contributed by atoms with Gasteiger partial charge in [-0.05, 0) is 49.7 Å². The van der Waals surface area contributed by atoms with Crippen molar-refractivity contribution in [2.75, 3.05) is 0 Å². The Morgan fingerprint density at radius 1 is 0.926 bits per heavy atom. The zero-order valence-corrected chi connectivity index (χ0v) is 17.3. The van der Waals surface area contributed by atoms with Crippen LogP contribution >= 0.6 is 0 Å². The number of carbonyl (C=O) groups is 1. The standard InChI is InChI=1S/C19H26O3.C5H12/c20-18-9-5-4-8-17(18)19(21)22-16-12-10-15(11-13-16)14-6-2-1-3-7-14;1-3-5-4-2/h4-5,8-9,14-16,20H,1-3,6-7,10-13H2;3-5H2,1-2H3. The number of esters is 1. The first kappa shape index (κ1) is 21.8. The van der Waals surface area contributed by atoms with Gasteiger partial charge in [-0.15, -0.1) is 0 Å². The van der Waals surface area contributed by atoms with Crippen molar-refractivity contribution < 1.29 is 14.6 Å². The van der Waals surface area contributed by atoms with Gasteiger partial charge in [-0.2, -0.15) is 0 Å². The SMILES string of the molecule is CCCCC.O=C(OC1CCC(C2CCCCC2)CC1)c1ccccc1O. The fourth-order valence-electron chi connectivity index (χ4n) is 4.50. The van der Waals surface area contributed by atoms with Gasteiger partial charge in [0.1, 0.15) is 17.4 Å². The summed E-state index contributed by atoms with van der Waals surface area (Å²) in [6, 6.07) is 6.60. The molecule has 0 saturated heterocycles. The van der Waals surface area contributed by atoms with Crippen LogP contribution < -0.4 is 0 Å². The third kappa shape index (κ3) is 7.20. The van der Waals surface area contributed by atoms with Crippen molar-refractivity contribution in [3.8, 4) is 5.75 Å². The van der Waals surface area contributed by atoms with E-state index in [-0.39, 0.29) is 23.4 Å². The van der Waals surface area contributed by atoms with Crippen molar-refractivity contribution in [3.63, 3.8) is 0 Å². The van der Waals surface area contributed by atoms with E-state index in [9.17, 15) is 9.90 Å². The molecule has 1 aromatic carbocycles. The minimum atomic E-state index is -0.390. The number of ether oxygens (including phenoxy) is 1. The lowest BCUT2D eigenvalue weighted by molar-refractivity contribution is 0.0115. The van der Waals surface area contributed by atoms with Gasteiger partial charge in [-0.3, -0.25) is 0 Å². The molecule has 3 rings (SSSR count). The highest BCUT2D eigenvalue weighted by Gasteiger charge is 2.30. The van der Waals surface area contributed by atoms with E-state index in [1.807, 2.05) is 0 Å². The molecule has 2 fully saturated rings. The largest absolute Gasteiger partial charge is 0.507 e. The van der Waals surface area contributed by atoms with Crippen molar-refractivity contribution in [2.24, 2.45) is 11.8 Å². The first-order valence-corrected chi connectivity index (χ1v) is 11.1. The number of para-hydroxylation sites is 1. The summed E-state index contributed by atoms with van der Waals surface area (Å²) in [7, 11) is 0. The van der Waals surface area contributed by atoms with Crippen molar-refractivity contribution in [3.05, 3.63) is 29.8 Å². The van der Waals surface area contributed by atoms with Gasteiger partial charge in [0, 0.05) is 0 Å². The monoisotopic (exact) mass is 374 g/mol. The second-order valence-electron chi connectivity index (χ2n) is 8.21. The summed E-state index contributed by atoms with van der Waals surface area (Å²) in [6.07, 6.45) is 15.4. The number of phenols is 1. The van der Waals surface area contributed by atoms with Crippen LogP contribution in [-0.2, 0) is 4.74 Å². The molecule has 3 nitrogen and oxygen atoms in total. The quantitative estimate of drug-likeness (QED) is 0.571. The lowest BCUT2D eigenvalue weighted by atomic mass is 9.73. The molecular formula is C24H38O3. The number of benzene rings is 1. The van der Waals surface area contributed by atoms with E-state index in [1.165, 1.54) is 70.3 Å². The second-order valence-corrected chi connectivity index (χ2v) is 8.21. The predicted octanol–water partition coefficient (Wildman–Crippen LogP) is 6.88. The van der Waals surface area contributed by atoms with Crippen molar-refractivity contribution in [1.82, 2.24) is 0 Å². The maximum atomic E-state index is 12.1. The Morgan fingerprint density at radius 3 is 2.07 bits per heavy atom. The number of hydrogen-bond acceptors (Lipinski definition) is 3. The summed E-state index contributed by atoms with van der Waals surface area (Å²) in [5, 5.41) is 9.72. The number of rotatable bonds is 5. The van der Waals surface area contributed by atoms with Crippen LogP contribution in [0.2, 0.25) is 0 Å². The average molecular weight is 375 g/mol. The Hall–Kier alpha value is -1.51. The van der Waals surface area contributed by atoms with Gasteiger partial charge in [0.15, 0.2) is 0 Å². The predicted molar refractivity (Wildman–Crippen MR) is 111 cm³/mol. The van der Waals surface area contributed by atoms with Gasteiger partial charge in [-0.25, -0.2) is 4.79 Å². The summed E-state index contributed by atoms with van der Waals surface area (Å²) in [5.41, 5.74) is 0.275. The molecule has 3 heteroatoms. The zero-order valence-electron chi connectivity index (χ0n) is 17.3. The van der Waals surface area contributed by atoms with Crippen molar-refractivity contribution >= 4 is 5.97 Å². The van der Waals surface area contributed by atoms with Crippen LogP contribution in [-0.4, -0.2) is 17.2 Å². The van der Waals surface area contributed by atoms with Crippen LogP contribution in [0.15, 0.2) is 24.3 Å². The second kappa shape index (κ2) is 12.0. The first-order valence-electron chi connectivity index (χ1n) is 11.1. The van der Waals surface area contributed by atoms with Crippen LogP contribution in [0.4, 0.5) is 0 Å². The highest BCUT2D eigenvalue weighted by molar-refractivity contribution is 5.92. The summed E-state index contributed by atoms with van der Waals surface area (Å²) in [5.74, 6) is 1.35. The fourth-order valence-corrected chi connectivity index (χ4v) is 4.50. The smallest absolute Gasteiger partial charge is 0.342 e. The number of phenolic OH excluding ortho intramolecular Hbond substituents is 1. The van der Waals surface area contributed by atoms with E-state index in [1.54, 1.807) is 18.2 Å². The first-order chi connectivity index (χ1) is 13.2. The Kier molecular flexibility index (Phi) is 9.72. The molecule has 1 aromatic rings. The van der Waals surface area contributed by atoms with E-state index in [2.05, 4.69) is 13.8 Å². The molecule has 0 spiro atoms. The van der Waals surface area contributed by atoms with Gasteiger partial charge in [-0.1, -0.05) is 77.3 Å². The van der Waals surface area contributed by atoms with Gasteiger partial charge in [0.2, 0.25) is 0 Å². The number of aromatic hydroxyl groups is 1. The lowest BCUT2D eigenvalue weighted by Crippen LogP contribution is -2.28. The Balaban J connectivity index is 0.000000465. The van der Waals surface area contributed by atoms with Crippen LogP contribution in [0.1, 0.15) is 101 Å². The molecule has 0 radical (unpaired) electrons. The third-order valence-electron chi connectivity index (χ3n) is 6.14. The van der Waals surface area contributed by atoms with E-state index in [0.717, 1.165) is 24.7 Å². The Bertz CT molecular complexity index is 538. The average Bonchev–Trinajstić information content (AvgIpc) is 2.70. The molecule has 0 unspecified atom stereocenters. The Labute approximate surface area is 165 Å². The molecule has 2 saturated carbocycles. The zero-order chi connectivity index (χ0) is 19.5. The molecule has 0 atom stereocenters. The molecule has 152 valence electrons. The van der Waals surface area contributed by atoms with Crippen LogP contribution in [0, 0.1) is 11.8 Å². The highest BCUT2D eigenvalue weighted by Crippen LogP contribution is 2.39. The summed E-state index contributed by atoms with van der Waals surface area (Å²) in [4.78, 5) is 12.1. The maximum Gasteiger partial charge on any atom is 0.342 e. The van der Waals surface area contributed by atoms with E-state index < -0.39 is 0 Å². The molecule has 2 aliphatic rings. The molecule has 1 N–H and O–H groups in total. The Morgan fingerprint density at radius 2 is 1.52 bits per heavy atom. The van der Waals surface area contributed by atoms with E-state index in [0.29, 0.717) is 0 Å². The highest BCUT2D eigenvalue weighted by atomic mass is 16.5. The number of hydrogen-bond donors (Lipinski definition) is 1. The molecule has 0 aromatic heterocycles. The van der Waals surface area contributed by atoms with Gasteiger partial charge < -0.3 is 9.84 Å². The van der Waals surface area contributed by atoms with Crippen LogP contribution in [0.3, 0.4) is 0 Å². The summed E-state index contributed by atoms with van der Waals surface area (Å²) < 4.78 is 5.59. The van der Waals surface area contributed by atoms with Crippen molar-refractivity contribution in [1.29, 1.82) is 0 Å². The van der Waals surface area contributed by atoms with Crippen molar-refractivity contribution in [2.45, 2.75) is 97.0 Å². The van der Waals surface area contributed by atoms with E-state index >= 15 is 0 Å². The normalized spacial score (nSPS) is 23.2. The fraction of sp³-hybridized carbons (Fsp3) is 0.708. The van der Waals surface area contributed by atoms with Crippen LogP contribution in [0.25, 0.3) is 0 Å². The molecule has 2 aliphatic carbocycles. The van der Waals surface area contributed by atoms with E-state index in [4.69, 9.17) is 4.74 Å². The number of carbonyl (C=O) groups excluding carboxylic acids is 1. The number of unbranched alkanes of at least 4 members (excludes halogenated alkanes) is 2. The third-order valence-corrected chi connectivity index (χ3v) is 6.14. The molecule has 0 heterocycles. The minimum absolute atomic E-state index is 0.00314. The summed E-state index contributed by atoms with van der Waals surface area (Å²) in [6.45, 7) is 4.42. The van der Waals surface area contributed by atoms with Gasteiger partial charge in [0.05, 0.1) is 0 Å². The molecule has 27 heavy (non-hydrogen) atoms. The maximum absolute atomic E-state index is 12.1. The summed E-state index contributed by atoms with van der Waals surface area (Å²) >= 11 is 0. The molecule has 0 aliphatic heterocycles.